The van der Waals surface area contributed by atoms with Crippen molar-refractivity contribution >= 4 is 0 Å². The summed E-state index contributed by atoms with van der Waals surface area (Å²) in [6, 6.07) is 0. The van der Waals surface area contributed by atoms with Crippen LogP contribution in [0.1, 0.15) is 63.5 Å². The van der Waals surface area contributed by atoms with Gasteiger partial charge in [0.25, 0.3) is 0 Å². The number of nitrogens with zero attached hydrogens (tertiary/aromatic N) is 2. The van der Waals surface area contributed by atoms with Crippen molar-refractivity contribution in [1.82, 2.24) is 9.78 Å². The van der Waals surface area contributed by atoms with Gasteiger partial charge in [0.1, 0.15) is 0 Å². The summed E-state index contributed by atoms with van der Waals surface area (Å²) in [5.41, 5.74) is 0.990. The van der Waals surface area contributed by atoms with Gasteiger partial charge in [-0.05, 0) is 18.8 Å². The molecule has 1 aromatic heterocycles. The predicted molar refractivity (Wildman–Crippen MR) is 68.7 cm³/mol. The van der Waals surface area contributed by atoms with E-state index in [0.717, 1.165) is 24.9 Å². The minimum absolute atomic E-state index is 0.316. The van der Waals surface area contributed by atoms with Crippen molar-refractivity contribution in [1.29, 1.82) is 0 Å². The summed E-state index contributed by atoms with van der Waals surface area (Å²) in [5, 5.41) is 14.5. The van der Waals surface area contributed by atoms with Gasteiger partial charge >= 0.3 is 0 Å². The Hall–Kier alpha value is -0.830. The van der Waals surface area contributed by atoms with E-state index in [0.29, 0.717) is 5.92 Å². The zero-order chi connectivity index (χ0) is 12.1. The van der Waals surface area contributed by atoms with Crippen molar-refractivity contribution in [3.05, 3.63) is 18.0 Å². The number of aryl methyl sites for hydroxylation is 1. The molecule has 96 valence electrons. The molecule has 0 amide bonds. The number of aliphatic hydroxyl groups is 1. The standard InChI is InChI=1S/C14H24N2O/c1-2-8-16-11-13(10-15-16)14(17)9-12-6-4-3-5-7-12/h10-12,14,17H,2-9H2,1H3. The maximum absolute atomic E-state index is 10.2. The predicted octanol–water partition coefficient (Wildman–Crippen LogP) is 3.30. The molecule has 1 saturated carbocycles. The molecule has 1 unspecified atom stereocenters. The lowest BCUT2D eigenvalue weighted by Crippen LogP contribution is -2.10. The molecule has 0 aromatic carbocycles. The third-order valence-electron chi connectivity index (χ3n) is 3.77. The van der Waals surface area contributed by atoms with E-state index in [1.165, 1.54) is 32.1 Å². The van der Waals surface area contributed by atoms with Crippen LogP contribution in [-0.2, 0) is 6.54 Å². The Labute approximate surface area is 104 Å². The summed E-state index contributed by atoms with van der Waals surface area (Å²) < 4.78 is 1.93. The van der Waals surface area contributed by atoms with Crippen LogP contribution in [0.3, 0.4) is 0 Å². The van der Waals surface area contributed by atoms with Gasteiger partial charge in [-0.1, -0.05) is 39.0 Å². The van der Waals surface area contributed by atoms with Gasteiger partial charge in [-0.15, -0.1) is 0 Å². The molecule has 0 radical (unpaired) electrons. The highest BCUT2D eigenvalue weighted by atomic mass is 16.3. The Balaban J connectivity index is 1.86. The van der Waals surface area contributed by atoms with Crippen LogP contribution in [0, 0.1) is 5.92 Å². The third kappa shape index (κ3) is 3.56. The number of rotatable bonds is 5. The first-order chi connectivity index (χ1) is 8.29. The van der Waals surface area contributed by atoms with Gasteiger partial charge in [0.2, 0.25) is 0 Å². The Morgan fingerprint density at radius 3 is 2.88 bits per heavy atom. The molecule has 1 aliphatic rings. The fraction of sp³-hybridized carbons (Fsp3) is 0.786. The van der Waals surface area contributed by atoms with Gasteiger partial charge in [-0.3, -0.25) is 4.68 Å². The van der Waals surface area contributed by atoms with E-state index in [1.807, 2.05) is 17.1 Å². The molecule has 3 nitrogen and oxygen atoms in total. The van der Waals surface area contributed by atoms with Gasteiger partial charge < -0.3 is 5.11 Å². The maximum Gasteiger partial charge on any atom is 0.0823 e. The SMILES string of the molecule is CCCn1cc(C(O)CC2CCCCC2)cn1. The summed E-state index contributed by atoms with van der Waals surface area (Å²) in [6.07, 6.45) is 12.1. The number of hydrogen-bond donors (Lipinski definition) is 1. The third-order valence-corrected chi connectivity index (χ3v) is 3.77. The zero-order valence-electron chi connectivity index (χ0n) is 10.8. The van der Waals surface area contributed by atoms with Gasteiger partial charge in [0.05, 0.1) is 12.3 Å². The second-order valence-corrected chi connectivity index (χ2v) is 5.29. The fourth-order valence-corrected chi connectivity index (χ4v) is 2.78. The van der Waals surface area contributed by atoms with E-state index >= 15 is 0 Å². The first-order valence-corrected chi connectivity index (χ1v) is 7.00. The quantitative estimate of drug-likeness (QED) is 0.851. The molecule has 2 rings (SSSR count). The molecule has 0 aliphatic heterocycles. The molecule has 1 N–H and O–H groups in total. The molecule has 1 aromatic rings. The average molecular weight is 236 g/mol. The Bertz CT molecular complexity index is 329. The fourth-order valence-electron chi connectivity index (χ4n) is 2.78. The van der Waals surface area contributed by atoms with E-state index in [1.54, 1.807) is 0 Å². The van der Waals surface area contributed by atoms with Crippen LogP contribution in [0.25, 0.3) is 0 Å². The van der Waals surface area contributed by atoms with Crippen molar-refractivity contribution in [3.63, 3.8) is 0 Å². The molecule has 0 bridgehead atoms. The van der Waals surface area contributed by atoms with Crippen molar-refractivity contribution in [3.8, 4) is 0 Å². The highest BCUT2D eigenvalue weighted by Gasteiger charge is 2.19. The molecule has 1 heterocycles. The lowest BCUT2D eigenvalue weighted by atomic mass is 9.84. The Kier molecular flexibility index (Phi) is 4.60. The van der Waals surface area contributed by atoms with E-state index in [9.17, 15) is 5.11 Å². The smallest absolute Gasteiger partial charge is 0.0823 e. The average Bonchev–Trinajstić information content (AvgIpc) is 2.79. The van der Waals surface area contributed by atoms with Crippen molar-refractivity contribution < 1.29 is 5.11 Å². The molecule has 3 heteroatoms. The molecule has 1 atom stereocenters. The van der Waals surface area contributed by atoms with Crippen LogP contribution in [0.2, 0.25) is 0 Å². The van der Waals surface area contributed by atoms with E-state index in [-0.39, 0.29) is 6.10 Å². The highest BCUT2D eigenvalue weighted by Crippen LogP contribution is 2.31. The first kappa shape index (κ1) is 12.6. The topological polar surface area (TPSA) is 38.0 Å². The molecule has 17 heavy (non-hydrogen) atoms. The van der Waals surface area contributed by atoms with E-state index in [2.05, 4.69) is 12.0 Å². The van der Waals surface area contributed by atoms with Crippen LogP contribution in [0.15, 0.2) is 12.4 Å². The minimum Gasteiger partial charge on any atom is -0.388 e. The van der Waals surface area contributed by atoms with Crippen LogP contribution in [0.4, 0.5) is 0 Å². The monoisotopic (exact) mass is 236 g/mol. The van der Waals surface area contributed by atoms with Gasteiger partial charge in [0.15, 0.2) is 0 Å². The second-order valence-electron chi connectivity index (χ2n) is 5.29. The normalized spacial score (nSPS) is 19.4. The lowest BCUT2D eigenvalue weighted by molar-refractivity contribution is 0.131. The summed E-state index contributed by atoms with van der Waals surface area (Å²) in [6.45, 7) is 3.08. The van der Waals surface area contributed by atoms with Crippen LogP contribution in [0.5, 0.6) is 0 Å². The second kappa shape index (κ2) is 6.20. The largest absolute Gasteiger partial charge is 0.388 e. The van der Waals surface area contributed by atoms with Crippen molar-refractivity contribution in [2.45, 2.75) is 64.5 Å². The molecule has 1 fully saturated rings. The van der Waals surface area contributed by atoms with E-state index in [4.69, 9.17) is 0 Å². The zero-order valence-corrected chi connectivity index (χ0v) is 10.8. The van der Waals surface area contributed by atoms with Crippen molar-refractivity contribution in [2.24, 2.45) is 5.92 Å². The summed E-state index contributed by atoms with van der Waals surface area (Å²) in [7, 11) is 0. The van der Waals surface area contributed by atoms with E-state index < -0.39 is 0 Å². The summed E-state index contributed by atoms with van der Waals surface area (Å²) in [5.74, 6) is 0.716. The molecule has 0 spiro atoms. The first-order valence-electron chi connectivity index (χ1n) is 7.00. The maximum atomic E-state index is 10.2. The number of hydrogen-bond acceptors (Lipinski definition) is 2. The van der Waals surface area contributed by atoms with Gasteiger partial charge in [-0.25, -0.2) is 0 Å². The molecular weight excluding hydrogens is 212 g/mol. The Morgan fingerprint density at radius 2 is 2.18 bits per heavy atom. The Morgan fingerprint density at radius 1 is 1.41 bits per heavy atom. The van der Waals surface area contributed by atoms with Gasteiger partial charge in [-0.2, -0.15) is 5.10 Å². The minimum atomic E-state index is -0.316. The van der Waals surface area contributed by atoms with Crippen LogP contribution < -0.4 is 0 Å². The molecule has 1 aliphatic carbocycles. The number of aromatic nitrogens is 2. The van der Waals surface area contributed by atoms with Crippen LogP contribution >= 0.6 is 0 Å². The van der Waals surface area contributed by atoms with Gasteiger partial charge in [0, 0.05) is 18.3 Å². The summed E-state index contributed by atoms with van der Waals surface area (Å²) in [4.78, 5) is 0. The molecular formula is C14H24N2O. The number of aliphatic hydroxyl groups excluding tert-OH is 1. The van der Waals surface area contributed by atoms with Crippen LogP contribution in [-0.4, -0.2) is 14.9 Å². The highest BCUT2D eigenvalue weighted by molar-refractivity contribution is 5.08. The van der Waals surface area contributed by atoms with Crippen molar-refractivity contribution in [2.75, 3.05) is 0 Å². The molecule has 0 saturated heterocycles. The summed E-state index contributed by atoms with van der Waals surface area (Å²) >= 11 is 0. The lowest BCUT2D eigenvalue weighted by Gasteiger charge is -2.23.